The van der Waals surface area contributed by atoms with Crippen molar-refractivity contribution in [3.8, 4) is 0 Å². The first-order chi connectivity index (χ1) is 10.2. The molecule has 0 radical (unpaired) electrons. The fourth-order valence-corrected chi connectivity index (χ4v) is 4.97. The Labute approximate surface area is 133 Å². The van der Waals surface area contributed by atoms with Crippen LogP contribution < -0.4 is 10.2 Å². The SMILES string of the molecule is CC1(C)CCSCC1Nc1ccccc1N1CCCCC1. The fourth-order valence-electron chi connectivity index (χ4n) is 3.37. The summed E-state index contributed by atoms with van der Waals surface area (Å²) in [6.45, 7) is 7.24. The van der Waals surface area contributed by atoms with Gasteiger partial charge >= 0.3 is 0 Å². The van der Waals surface area contributed by atoms with E-state index in [1.54, 1.807) is 0 Å². The molecule has 1 aromatic carbocycles. The van der Waals surface area contributed by atoms with E-state index in [0.717, 1.165) is 0 Å². The van der Waals surface area contributed by atoms with Crippen molar-refractivity contribution in [3.63, 3.8) is 0 Å². The molecule has 3 rings (SSSR count). The average molecular weight is 305 g/mol. The van der Waals surface area contributed by atoms with Crippen LogP contribution in [0.2, 0.25) is 0 Å². The number of hydrogen-bond acceptors (Lipinski definition) is 3. The van der Waals surface area contributed by atoms with Gasteiger partial charge in [0.05, 0.1) is 11.4 Å². The maximum Gasteiger partial charge on any atom is 0.0602 e. The highest BCUT2D eigenvalue weighted by atomic mass is 32.2. The maximum atomic E-state index is 3.87. The molecular weight excluding hydrogens is 276 g/mol. The minimum absolute atomic E-state index is 0.389. The van der Waals surface area contributed by atoms with Gasteiger partial charge in [-0.05, 0) is 49.0 Å². The molecule has 0 spiro atoms. The van der Waals surface area contributed by atoms with Crippen molar-refractivity contribution in [2.75, 3.05) is 34.8 Å². The van der Waals surface area contributed by atoms with Crippen molar-refractivity contribution in [2.45, 2.75) is 45.6 Å². The van der Waals surface area contributed by atoms with Crippen molar-refractivity contribution in [1.82, 2.24) is 0 Å². The van der Waals surface area contributed by atoms with Crippen LogP contribution in [0.1, 0.15) is 39.5 Å². The molecule has 1 aromatic rings. The van der Waals surface area contributed by atoms with Gasteiger partial charge in [-0.3, -0.25) is 0 Å². The highest BCUT2D eigenvalue weighted by molar-refractivity contribution is 7.99. The highest BCUT2D eigenvalue weighted by Gasteiger charge is 2.33. The second kappa shape index (κ2) is 6.51. The lowest BCUT2D eigenvalue weighted by Crippen LogP contribution is -2.42. The Morgan fingerprint density at radius 2 is 1.90 bits per heavy atom. The second-order valence-electron chi connectivity index (χ2n) is 7.08. The van der Waals surface area contributed by atoms with Gasteiger partial charge in [-0.15, -0.1) is 0 Å². The van der Waals surface area contributed by atoms with Crippen LogP contribution in [0, 0.1) is 5.41 Å². The molecule has 2 heterocycles. The fraction of sp³-hybridized carbons (Fsp3) is 0.667. The van der Waals surface area contributed by atoms with E-state index in [4.69, 9.17) is 0 Å². The van der Waals surface area contributed by atoms with Crippen LogP contribution in [-0.4, -0.2) is 30.6 Å². The van der Waals surface area contributed by atoms with Crippen molar-refractivity contribution >= 4 is 23.1 Å². The van der Waals surface area contributed by atoms with Gasteiger partial charge in [0.25, 0.3) is 0 Å². The van der Waals surface area contributed by atoms with Gasteiger partial charge in [0.15, 0.2) is 0 Å². The summed E-state index contributed by atoms with van der Waals surface area (Å²) in [7, 11) is 0. The molecule has 2 aliphatic rings. The van der Waals surface area contributed by atoms with E-state index in [1.165, 1.54) is 61.7 Å². The van der Waals surface area contributed by atoms with Crippen LogP contribution in [0.25, 0.3) is 0 Å². The number of nitrogens with one attached hydrogen (secondary N) is 1. The van der Waals surface area contributed by atoms with Gasteiger partial charge in [0, 0.05) is 24.9 Å². The van der Waals surface area contributed by atoms with Gasteiger partial charge in [-0.2, -0.15) is 11.8 Å². The lowest BCUT2D eigenvalue weighted by Gasteiger charge is -2.40. The first kappa shape index (κ1) is 15.1. The van der Waals surface area contributed by atoms with Crippen LogP contribution in [-0.2, 0) is 0 Å². The third kappa shape index (κ3) is 3.50. The summed E-state index contributed by atoms with van der Waals surface area (Å²) in [6, 6.07) is 9.46. The Morgan fingerprint density at radius 3 is 2.67 bits per heavy atom. The number of thioether (sulfide) groups is 1. The van der Waals surface area contributed by atoms with E-state index in [2.05, 4.69) is 60.1 Å². The molecule has 2 saturated heterocycles. The third-order valence-corrected chi connectivity index (χ3v) is 6.11. The molecule has 1 N–H and O–H groups in total. The number of anilines is 2. The zero-order valence-corrected chi connectivity index (χ0v) is 14.2. The second-order valence-corrected chi connectivity index (χ2v) is 8.23. The summed E-state index contributed by atoms with van der Waals surface area (Å²) in [5.74, 6) is 2.53. The molecule has 116 valence electrons. The van der Waals surface area contributed by atoms with Crippen molar-refractivity contribution in [3.05, 3.63) is 24.3 Å². The molecule has 2 nitrogen and oxygen atoms in total. The standard InChI is InChI=1S/C18H28N2S/c1-18(2)10-13-21-14-17(18)19-15-8-4-5-9-16(15)20-11-6-3-7-12-20/h4-5,8-9,17,19H,3,6-7,10-14H2,1-2H3. The molecule has 1 unspecified atom stereocenters. The lowest BCUT2D eigenvalue weighted by atomic mass is 9.82. The van der Waals surface area contributed by atoms with Crippen LogP contribution in [0.15, 0.2) is 24.3 Å². The summed E-state index contributed by atoms with van der Waals surface area (Å²) in [5, 5.41) is 3.87. The minimum atomic E-state index is 0.389. The number of hydrogen-bond donors (Lipinski definition) is 1. The molecule has 3 heteroatoms. The molecule has 21 heavy (non-hydrogen) atoms. The number of nitrogens with zero attached hydrogens (tertiary/aromatic N) is 1. The number of para-hydroxylation sites is 2. The van der Waals surface area contributed by atoms with E-state index in [1.807, 2.05) is 0 Å². The Morgan fingerprint density at radius 1 is 1.14 bits per heavy atom. The molecular formula is C18H28N2S. The molecule has 2 aliphatic heterocycles. The molecule has 0 aromatic heterocycles. The maximum absolute atomic E-state index is 3.87. The minimum Gasteiger partial charge on any atom is -0.379 e. The lowest BCUT2D eigenvalue weighted by molar-refractivity contribution is 0.305. The Hall–Kier alpha value is -0.830. The van der Waals surface area contributed by atoms with E-state index >= 15 is 0 Å². The predicted octanol–water partition coefficient (Wildman–Crippen LogP) is 4.62. The van der Waals surface area contributed by atoms with Gasteiger partial charge < -0.3 is 10.2 Å². The smallest absolute Gasteiger partial charge is 0.0602 e. The quantitative estimate of drug-likeness (QED) is 0.877. The van der Waals surface area contributed by atoms with Crippen molar-refractivity contribution in [1.29, 1.82) is 0 Å². The van der Waals surface area contributed by atoms with Crippen molar-refractivity contribution < 1.29 is 0 Å². The van der Waals surface area contributed by atoms with Crippen molar-refractivity contribution in [2.24, 2.45) is 5.41 Å². The zero-order chi connectivity index (χ0) is 14.7. The topological polar surface area (TPSA) is 15.3 Å². The molecule has 0 amide bonds. The summed E-state index contributed by atoms with van der Waals surface area (Å²) in [5.41, 5.74) is 3.13. The Kier molecular flexibility index (Phi) is 4.68. The highest BCUT2D eigenvalue weighted by Crippen LogP contribution is 2.38. The summed E-state index contributed by atoms with van der Waals surface area (Å²) in [6.07, 6.45) is 5.36. The van der Waals surface area contributed by atoms with Gasteiger partial charge in [0.2, 0.25) is 0 Å². The normalized spacial score (nSPS) is 25.6. The molecule has 0 bridgehead atoms. The molecule has 0 aliphatic carbocycles. The van der Waals surface area contributed by atoms with Crippen LogP contribution in [0.5, 0.6) is 0 Å². The van der Waals surface area contributed by atoms with Crippen LogP contribution in [0.3, 0.4) is 0 Å². The average Bonchev–Trinajstić information content (AvgIpc) is 2.51. The monoisotopic (exact) mass is 304 g/mol. The number of benzene rings is 1. The van der Waals surface area contributed by atoms with Gasteiger partial charge in [0.1, 0.15) is 0 Å². The van der Waals surface area contributed by atoms with E-state index in [9.17, 15) is 0 Å². The zero-order valence-electron chi connectivity index (χ0n) is 13.4. The number of rotatable bonds is 3. The third-order valence-electron chi connectivity index (χ3n) is 5.05. The first-order valence-corrected chi connectivity index (χ1v) is 9.50. The van der Waals surface area contributed by atoms with E-state index in [0.29, 0.717) is 11.5 Å². The van der Waals surface area contributed by atoms with E-state index < -0.39 is 0 Å². The first-order valence-electron chi connectivity index (χ1n) is 8.35. The van der Waals surface area contributed by atoms with Gasteiger partial charge in [-0.1, -0.05) is 26.0 Å². The predicted molar refractivity (Wildman–Crippen MR) is 95.6 cm³/mol. The Balaban J connectivity index is 1.78. The van der Waals surface area contributed by atoms with Gasteiger partial charge in [-0.25, -0.2) is 0 Å². The molecule has 1 atom stereocenters. The summed E-state index contributed by atoms with van der Waals surface area (Å²) >= 11 is 2.09. The number of piperidine rings is 1. The van der Waals surface area contributed by atoms with Crippen LogP contribution >= 0.6 is 11.8 Å². The molecule has 2 fully saturated rings. The molecule has 0 saturated carbocycles. The summed E-state index contributed by atoms with van der Waals surface area (Å²) < 4.78 is 0. The van der Waals surface area contributed by atoms with E-state index in [-0.39, 0.29) is 0 Å². The van der Waals surface area contributed by atoms with Crippen LogP contribution in [0.4, 0.5) is 11.4 Å². The largest absolute Gasteiger partial charge is 0.379 e. The summed E-state index contributed by atoms with van der Waals surface area (Å²) in [4.78, 5) is 2.56. The Bertz CT molecular complexity index is 466.